The lowest BCUT2D eigenvalue weighted by Gasteiger charge is -2.04. The van der Waals surface area contributed by atoms with Gasteiger partial charge in [0, 0.05) is 6.54 Å². The molecule has 1 aromatic heterocycles. The average molecular weight is 228 g/mol. The maximum atomic E-state index is 11.0. The zero-order chi connectivity index (χ0) is 11.1. The van der Waals surface area contributed by atoms with E-state index < -0.39 is 12.0 Å². The van der Waals surface area contributed by atoms with E-state index in [-0.39, 0.29) is 6.54 Å². The normalized spacial score (nSPS) is 9.60. The minimum absolute atomic E-state index is 0.357. The van der Waals surface area contributed by atoms with Gasteiger partial charge in [0.1, 0.15) is 6.54 Å². The highest BCUT2D eigenvalue weighted by atomic mass is 32.1. The number of thiophene rings is 1. The van der Waals surface area contributed by atoms with Gasteiger partial charge in [0.15, 0.2) is 0 Å². The number of carboxylic acids is 1. The number of hydrogen-bond donors (Lipinski definition) is 3. The highest BCUT2D eigenvalue weighted by molar-refractivity contribution is 7.07. The fourth-order valence-electron chi connectivity index (χ4n) is 0.974. The van der Waals surface area contributed by atoms with Crippen molar-refractivity contribution in [3.8, 4) is 0 Å². The number of carbonyl (C=O) groups is 2. The van der Waals surface area contributed by atoms with E-state index in [0.29, 0.717) is 6.54 Å². The molecule has 0 unspecified atom stereocenters. The van der Waals surface area contributed by atoms with Gasteiger partial charge in [-0.15, -0.1) is 0 Å². The molecule has 6 heteroatoms. The standard InChI is InChI=1S/C9H12N2O3S/c12-8(13)5-11-9(14)10-3-1-7-2-4-15-6-7/h2,4,6H,1,3,5H2,(H,12,13)(H2,10,11,14). The van der Waals surface area contributed by atoms with Gasteiger partial charge in [-0.25, -0.2) is 4.79 Å². The van der Waals surface area contributed by atoms with Crippen LogP contribution < -0.4 is 10.6 Å². The zero-order valence-electron chi connectivity index (χ0n) is 8.03. The van der Waals surface area contributed by atoms with E-state index in [9.17, 15) is 9.59 Å². The fraction of sp³-hybridized carbons (Fsp3) is 0.333. The maximum absolute atomic E-state index is 11.0. The van der Waals surface area contributed by atoms with E-state index >= 15 is 0 Å². The van der Waals surface area contributed by atoms with Crippen molar-refractivity contribution in [2.45, 2.75) is 6.42 Å². The molecule has 1 aromatic rings. The predicted octanol–water partition coefficient (Wildman–Crippen LogP) is 0.674. The van der Waals surface area contributed by atoms with Crippen molar-refractivity contribution in [1.82, 2.24) is 10.6 Å². The van der Waals surface area contributed by atoms with Crippen LogP contribution in [0.1, 0.15) is 5.56 Å². The van der Waals surface area contributed by atoms with Crippen LogP contribution in [0.3, 0.4) is 0 Å². The van der Waals surface area contributed by atoms with Gasteiger partial charge in [0.25, 0.3) is 0 Å². The Morgan fingerprint density at radius 3 is 2.80 bits per heavy atom. The Labute approximate surface area is 91.1 Å². The highest BCUT2D eigenvalue weighted by Gasteiger charge is 2.02. The molecular weight excluding hydrogens is 216 g/mol. The van der Waals surface area contributed by atoms with E-state index in [1.54, 1.807) is 11.3 Å². The first-order valence-corrected chi connectivity index (χ1v) is 5.37. The summed E-state index contributed by atoms with van der Waals surface area (Å²) < 4.78 is 0. The van der Waals surface area contributed by atoms with Crippen molar-refractivity contribution in [2.24, 2.45) is 0 Å². The maximum Gasteiger partial charge on any atom is 0.323 e. The van der Waals surface area contributed by atoms with Crippen LogP contribution in [-0.2, 0) is 11.2 Å². The number of rotatable bonds is 5. The Morgan fingerprint density at radius 1 is 1.40 bits per heavy atom. The molecule has 0 bridgehead atoms. The van der Waals surface area contributed by atoms with Crippen LogP contribution in [0, 0.1) is 0 Å². The zero-order valence-corrected chi connectivity index (χ0v) is 8.84. The number of hydrogen-bond acceptors (Lipinski definition) is 3. The van der Waals surface area contributed by atoms with Crippen LogP contribution in [0.25, 0.3) is 0 Å². The van der Waals surface area contributed by atoms with Crippen LogP contribution >= 0.6 is 11.3 Å². The van der Waals surface area contributed by atoms with Crippen LogP contribution in [0.15, 0.2) is 16.8 Å². The summed E-state index contributed by atoms with van der Waals surface area (Å²) in [6, 6.07) is 1.54. The Balaban J connectivity index is 2.09. The van der Waals surface area contributed by atoms with Crippen molar-refractivity contribution in [3.63, 3.8) is 0 Å². The van der Waals surface area contributed by atoms with Crippen molar-refractivity contribution >= 4 is 23.3 Å². The molecule has 2 amide bonds. The summed E-state index contributed by atoms with van der Waals surface area (Å²) in [6.45, 7) is 0.145. The molecule has 0 aliphatic heterocycles. The summed E-state index contributed by atoms with van der Waals surface area (Å²) in [7, 11) is 0. The topological polar surface area (TPSA) is 78.4 Å². The Kier molecular flexibility index (Phi) is 4.62. The Morgan fingerprint density at radius 2 is 2.20 bits per heavy atom. The molecule has 0 atom stereocenters. The van der Waals surface area contributed by atoms with Crippen molar-refractivity contribution < 1.29 is 14.7 Å². The molecule has 82 valence electrons. The summed E-state index contributed by atoms with van der Waals surface area (Å²) in [4.78, 5) is 21.1. The van der Waals surface area contributed by atoms with Gasteiger partial charge >= 0.3 is 12.0 Å². The first kappa shape index (κ1) is 11.5. The second kappa shape index (κ2) is 6.02. The van der Waals surface area contributed by atoms with Gasteiger partial charge < -0.3 is 15.7 Å². The van der Waals surface area contributed by atoms with E-state index in [2.05, 4.69) is 10.6 Å². The first-order chi connectivity index (χ1) is 7.18. The summed E-state index contributed by atoms with van der Waals surface area (Å²) in [6.07, 6.45) is 0.754. The molecule has 0 fully saturated rings. The molecule has 0 spiro atoms. The summed E-state index contributed by atoms with van der Waals surface area (Å²) in [5, 5.41) is 17.1. The SMILES string of the molecule is O=C(O)CNC(=O)NCCc1ccsc1. The van der Waals surface area contributed by atoms with Gasteiger partial charge in [-0.3, -0.25) is 4.79 Å². The summed E-state index contributed by atoms with van der Waals surface area (Å²) in [5.74, 6) is -1.05. The molecule has 0 aliphatic carbocycles. The van der Waals surface area contributed by atoms with Crippen LogP contribution in [0.5, 0.6) is 0 Å². The molecule has 0 saturated heterocycles. The monoisotopic (exact) mass is 228 g/mol. The molecule has 15 heavy (non-hydrogen) atoms. The molecule has 0 radical (unpaired) electrons. The van der Waals surface area contributed by atoms with E-state index in [1.807, 2.05) is 16.8 Å². The number of carbonyl (C=O) groups excluding carboxylic acids is 1. The third-order valence-corrected chi connectivity index (χ3v) is 2.41. The highest BCUT2D eigenvalue weighted by Crippen LogP contribution is 2.05. The number of aliphatic carboxylic acids is 1. The van der Waals surface area contributed by atoms with Crippen LogP contribution in [-0.4, -0.2) is 30.2 Å². The lowest BCUT2D eigenvalue weighted by atomic mass is 10.2. The van der Waals surface area contributed by atoms with E-state index in [1.165, 1.54) is 5.56 Å². The molecule has 0 saturated carbocycles. The predicted molar refractivity (Wildman–Crippen MR) is 57.1 cm³/mol. The molecule has 0 aliphatic rings. The second-order valence-electron chi connectivity index (χ2n) is 2.88. The minimum atomic E-state index is -1.05. The van der Waals surface area contributed by atoms with E-state index in [4.69, 9.17) is 5.11 Å². The summed E-state index contributed by atoms with van der Waals surface area (Å²) in [5.41, 5.74) is 1.17. The quantitative estimate of drug-likeness (QED) is 0.693. The molecule has 0 aromatic carbocycles. The number of urea groups is 1. The largest absolute Gasteiger partial charge is 0.480 e. The van der Waals surface area contributed by atoms with E-state index in [0.717, 1.165) is 6.42 Å². The van der Waals surface area contributed by atoms with Gasteiger partial charge in [0.2, 0.25) is 0 Å². The van der Waals surface area contributed by atoms with Crippen LogP contribution in [0.2, 0.25) is 0 Å². The second-order valence-corrected chi connectivity index (χ2v) is 3.66. The first-order valence-electron chi connectivity index (χ1n) is 4.43. The smallest absolute Gasteiger partial charge is 0.323 e. The van der Waals surface area contributed by atoms with Crippen molar-refractivity contribution in [3.05, 3.63) is 22.4 Å². The average Bonchev–Trinajstić information content (AvgIpc) is 2.67. The molecule has 5 nitrogen and oxygen atoms in total. The minimum Gasteiger partial charge on any atom is -0.480 e. The van der Waals surface area contributed by atoms with Gasteiger partial charge in [-0.05, 0) is 28.8 Å². The third-order valence-electron chi connectivity index (χ3n) is 1.68. The number of amides is 2. The van der Waals surface area contributed by atoms with Gasteiger partial charge in [-0.1, -0.05) is 0 Å². The molecular formula is C9H12N2O3S. The van der Waals surface area contributed by atoms with Gasteiger partial charge in [0.05, 0.1) is 0 Å². The third kappa shape index (κ3) is 5.02. The number of carboxylic acid groups (broad SMARTS) is 1. The van der Waals surface area contributed by atoms with Crippen LogP contribution in [0.4, 0.5) is 4.79 Å². The lowest BCUT2D eigenvalue weighted by molar-refractivity contribution is -0.135. The van der Waals surface area contributed by atoms with Gasteiger partial charge in [-0.2, -0.15) is 11.3 Å². The summed E-state index contributed by atoms with van der Waals surface area (Å²) >= 11 is 1.61. The number of nitrogens with one attached hydrogen (secondary N) is 2. The Bertz CT molecular complexity index is 324. The van der Waals surface area contributed by atoms with Crippen molar-refractivity contribution in [2.75, 3.05) is 13.1 Å². The molecule has 1 rings (SSSR count). The molecule has 1 heterocycles. The van der Waals surface area contributed by atoms with Crippen molar-refractivity contribution in [1.29, 1.82) is 0 Å². The molecule has 3 N–H and O–H groups in total. The fourth-order valence-corrected chi connectivity index (χ4v) is 1.68. The Hall–Kier alpha value is -1.56. The lowest BCUT2D eigenvalue weighted by Crippen LogP contribution is -2.39.